The van der Waals surface area contributed by atoms with E-state index < -0.39 is 36.2 Å². The number of esters is 3. The average molecular weight is 558 g/mol. The maximum Gasteiger partial charge on any atom is 0.343 e. The van der Waals surface area contributed by atoms with E-state index in [9.17, 15) is 24.0 Å². The lowest BCUT2D eigenvalue weighted by atomic mass is 10.1. The maximum absolute atomic E-state index is 12.6. The number of ketones is 1. The van der Waals surface area contributed by atoms with Crippen LogP contribution < -0.4 is 9.64 Å². The summed E-state index contributed by atoms with van der Waals surface area (Å²) in [6.45, 7) is 3.89. The van der Waals surface area contributed by atoms with Gasteiger partial charge in [-0.1, -0.05) is 31.0 Å². The molecule has 0 aromatic heterocycles. The monoisotopic (exact) mass is 557 g/mol. The van der Waals surface area contributed by atoms with Crippen molar-refractivity contribution in [1.82, 2.24) is 0 Å². The van der Waals surface area contributed by atoms with Crippen molar-refractivity contribution < 1.29 is 38.2 Å². The number of benzene rings is 3. The lowest BCUT2D eigenvalue weighted by Crippen LogP contribution is -2.27. The summed E-state index contributed by atoms with van der Waals surface area (Å²) in [5.41, 5.74) is 2.64. The van der Waals surface area contributed by atoms with Crippen LogP contribution in [0.3, 0.4) is 0 Å². The first-order valence-corrected chi connectivity index (χ1v) is 13.4. The lowest BCUT2D eigenvalue weighted by Gasteiger charge is -2.17. The molecule has 1 atom stereocenters. The lowest BCUT2D eigenvalue weighted by molar-refractivity contribution is -0.147. The highest BCUT2D eigenvalue weighted by atomic mass is 16.5. The number of aryl methyl sites for hydroxylation is 1. The molecule has 1 heterocycles. The Morgan fingerprint density at radius 3 is 2.07 bits per heavy atom. The molecule has 0 aliphatic carbocycles. The van der Waals surface area contributed by atoms with Crippen molar-refractivity contribution in [2.24, 2.45) is 5.92 Å². The summed E-state index contributed by atoms with van der Waals surface area (Å²) >= 11 is 0. The topological polar surface area (TPSA) is 116 Å². The molecular formula is C32H31NO8. The van der Waals surface area contributed by atoms with Crippen molar-refractivity contribution >= 4 is 35.3 Å². The molecule has 3 aromatic rings. The van der Waals surface area contributed by atoms with Gasteiger partial charge in [0.15, 0.2) is 12.4 Å². The highest BCUT2D eigenvalue weighted by Crippen LogP contribution is 2.26. The summed E-state index contributed by atoms with van der Waals surface area (Å²) < 4.78 is 15.8. The fourth-order valence-corrected chi connectivity index (χ4v) is 4.19. The molecule has 9 heteroatoms. The first-order valence-electron chi connectivity index (χ1n) is 13.4. The van der Waals surface area contributed by atoms with Crippen LogP contribution in [-0.2, 0) is 19.1 Å². The Morgan fingerprint density at radius 2 is 1.41 bits per heavy atom. The van der Waals surface area contributed by atoms with Crippen LogP contribution in [0.1, 0.15) is 62.8 Å². The van der Waals surface area contributed by atoms with Gasteiger partial charge in [0.1, 0.15) is 5.75 Å². The molecule has 4 rings (SSSR count). The van der Waals surface area contributed by atoms with E-state index in [4.69, 9.17) is 14.2 Å². The largest absolute Gasteiger partial charge is 0.462 e. The van der Waals surface area contributed by atoms with Crippen LogP contribution >= 0.6 is 0 Å². The highest BCUT2D eigenvalue weighted by Gasteiger charge is 2.36. The Kier molecular flexibility index (Phi) is 9.63. The molecule has 1 amide bonds. The first kappa shape index (κ1) is 29.2. The number of unbranched alkanes of at least 4 members (excludes halogenated alkanes) is 1. The minimum absolute atomic E-state index is 0.0467. The second kappa shape index (κ2) is 13.5. The summed E-state index contributed by atoms with van der Waals surface area (Å²) in [7, 11) is 0. The Hall–Kier alpha value is -4.79. The number of anilines is 1. The van der Waals surface area contributed by atoms with Crippen molar-refractivity contribution in [2.75, 3.05) is 24.7 Å². The van der Waals surface area contributed by atoms with Crippen molar-refractivity contribution in [3.8, 4) is 5.75 Å². The number of rotatable bonds is 11. The van der Waals surface area contributed by atoms with Crippen molar-refractivity contribution in [2.45, 2.75) is 33.1 Å². The van der Waals surface area contributed by atoms with E-state index in [2.05, 4.69) is 0 Å². The number of carbonyl (C=O) groups excluding carboxylic acids is 5. The highest BCUT2D eigenvalue weighted by molar-refractivity contribution is 6.01. The normalized spacial score (nSPS) is 14.4. The molecule has 0 unspecified atom stereocenters. The smallest absolute Gasteiger partial charge is 0.343 e. The fourth-order valence-electron chi connectivity index (χ4n) is 4.19. The third-order valence-electron chi connectivity index (χ3n) is 6.62. The molecule has 1 fully saturated rings. The van der Waals surface area contributed by atoms with Crippen LogP contribution in [0, 0.1) is 12.8 Å². The van der Waals surface area contributed by atoms with E-state index in [1.807, 2.05) is 26.0 Å². The molecule has 1 saturated heterocycles. The fraction of sp³-hybridized carbons (Fsp3) is 0.281. The molecule has 0 radical (unpaired) electrons. The van der Waals surface area contributed by atoms with E-state index in [-0.39, 0.29) is 30.2 Å². The van der Waals surface area contributed by atoms with E-state index in [1.54, 1.807) is 36.4 Å². The second-order valence-corrected chi connectivity index (χ2v) is 9.75. The van der Waals surface area contributed by atoms with Crippen LogP contribution in [-0.4, -0.2) is 49.4 Å². The standard InChI is InChI=1S/C32H31NO8/c1-3-4-17-39-30(36)23-9-13-26(14-10-23)33-19-25(18-29(33)35)31(37)40-20-28(34)22-11-15-27(16-12-22)41-32(38)24-7-5-21(2)6-8-24/h5-16,25H,3-4,17-20H2,1-2H3/t25-/m0/s1. The number of nitrogens with zero attached hydrogens (tertiary/aromatic N) is 1. The molecule has 0 N–H and O–H groups in total. The van der Waals surface area contributed by atoms with Gasteiger partial charge in [0.25, 0.3) is 0 Å². The molecule has 1 aliphatic rings. The zero-order valence-corrected chi connectivity index (χ0v) is 23.0. The van der Waals surface area contributed by atoms with Gasteiger partial charge >= 0.3 is 17.9 Å². The van der Waals surface area contributed by atoms with Crippen molar-refractivity contribution in [3.05, 3.63) is 95.1 Å². The summed E-state index contributed by atoms with van der Waals surface area (Å²) in [6, 6.07) is 19.3. The number of amides is 1. The molecule has 3 aromatic carbocycles. The molecule has 0 spiro atoms. The minimum atomic E-state index is -0.724. The predicted octanol–water partition coefficient (Wildman–Crippen LogP) is 4.95. The summed E-state index contributed by atoms with van der Waals surface area (Å²) in [4.78, 5) is 63.6. The van der Waals surface area contributed by atoms with E-state index >= 15 is 0 Å². The van der Waals surface area contributed by atoms with Crippen LogP contribution in [0.15, 0.2) is 72.8 Å². The Morgan fingerprint density at radius 1 is 0.805 bits per heavy atom. The molecule has 0 saturated carbocycles. The SMILES string of the molecule is CCCCOC(=O)c1ccc(N2C[C@@H](C(=O)OCC(=O)c3ccc(OC(=O)c4ccc(C)cc4)cc3)CC2=O)cc1. The molecule has 9 nitrogen and oxygen atoms in total. The predicted molar refractivity (Wildman–Crippen MR) is 150 cm³/mol. The van der Waals surface area contributed by atoms with E-state index in [0.29, 0.717) is 23.4 Å². The zero-order chi connectivity index (χ0) is 29.4. The van der Waals surface area contributed by atoms with Gasteiger partial charge in [0, 0.05) is 24.2 Å². The van der Waals surface area contributed by atoms with Crippen molar-refractivity contribution in [3.63, 3.8) is 0 Å². The van der Waals surface area contributed by atoms with Gasteiger partial charge in [0.05, 0.1) is 23.7 Å². The minimum Gasteiger partial charge on any atom is -0.462 e. The van der Waals surface area contributed by atoms with E-state index in [1.165, 1.54) is 29.2 Å². The average Bonchev–Trinajstić information content (AvgIpc) is 3.38. The number of hydrogen-bond acceptors (Lipinski definition) is 8. The van der Waals surface area contributed by atoms with Gasteiger partial charge in [-0.25, -0.2) is 9.59 Å². The molecular weight excluding hydrogens is 526 g/mol. The second-order valence-electron chi connectivity index (χ2n) is 9.75. The summed E-state index contributed by atoms with van der Waals surface area (Å²) in [5, 5.41) is 0. The first-order chi connectivity index (χ1) is 19.7. The van der Waals surface area contributed by atoms with Gasteiger partial charge in [-0.15, -0.1) is 0 Å². The molecule has 1 aliphatic heterocycles. The number of ether oxygens (including phenoxy) is 3. The van der Waals surface area contributed by atoms with Gasteiger partial charge in [-0.2, -0.15) is 0 Å². The Balaban J connectivity index is 1.26. The van der Waals surface area contributed by atoms with Gasteiger partial charge in [-0.3, -0.25) is 14.4 Å². The van der Waals surface area contributed by atoms with Crippen LogP contribution in [0.5, 0.6) is 5.75 Å². The van der Waals surface area contributed by atoms with Crippen LogP contribution in [0.25, 0.3) is 0 Å². The third kappa shape index (κ3) is 7.66. The maximum atomic E-state index is 12.6. The molecule has 0 bridgehead atoms. The number of hydrogen-bond donors (Lipinski definition) is 0. The summed E-state index contributed by atoms with van der Waals surface area (Å²) in [6.07, 6.45) is 1.66. The molecule has 41 heavy (non-hydrogen) atoms. The zero-order valence-electron chi connectivity index (χ0n) is 23.0. The van der Waals surface area contributed by atoms with Crippen LogP contribution in [0.2, 0.25) is 0 Å². The van der Waals surface area contributed by atoms with E-state index in [0.717, 1.165) is 18.4 Å². The van der Waals surface area contributed by atoms with Gasteiger partial charge < -0.3 is 19.1 Å². The quantitative estimate of drug-likeness (QED) is 0.141. The Bertz CT molecular complexity index is 1410. The number of Topliss-reactive ketones (excluding diaryl/α,β-unsaturated/α-hetero) is 1. The van der Waals surface area contributed by atoms with Gasteiger partial charge in [-0.05, 0) is 74.0 Å². The van der Waals surface area contributed by atoms with Gasteiger partial charge in [0.2, 0.25) is 5.91 Å². The van der Waals surface area contributed by atoms with Crippen molar-refractivity contribution in [1.29, 1.82) is 0 Å². The number of carbonyl (C=O) groups is 5. The summed E-state index contributed by atoms with van der Waals surface area (Å²) in [5.74, 6) is -2.73. The Labute approximate surface area is 238 Å². The van der Waals surface area contributed by atoms with Crippen LogP contribution in [0.4, 0.5) is 5.69 Å². The third-order valence-corrected chi connectivity index (χ3v) is 6.62. The molecule has 212 valence electrons.